The van der Waals surface area contributed by atoms with E-state index in [9.17, 15) is 4.79 Å². The maximum Gasteiger partial charge on any atom is 0.259 e. The Bertz CT molecular complexity index is 366. The summed E-state index contributed by atoms with van der Waals surface area (Å²) in [5.74, 6) is 0.465. The Morgan fingerprint density at radius 3 is 2.53 bits per heavy atom. The molecule has 1 rings (SSSR count). The van der Waals surface area contributed by atoms with E-state index in [2.05, 4.69) is 5.16 Å². The third kappa shape index (κ3) is 3.06. The van der Waals surface area contributed by atoms with Gasteiger partial charge in [-0.15, -0.1) is 0 Å². The SMILES string of the molecule is Cc1noc(C)c1C(=O)N(CCCO)C(C)C. The first-order valence-corrected chi connectivity index (χ1v) is 5.83. The molecule has 0 saturated carbocycles. The Labute approximate surface area is 101 Å². The van der Waals surface area contributed by atoms with Gasteiger partial charge in [-0.3, -0.25) is 4.79 Å². The smallest absolute Gasteiger partial charge is 0.259 e. The highest BCUT2D eigenvalue weighted by Crippen LogP contribution is 2.16. The Morgan fingerprint density at radius 1 is 1.47 bits per heavy atom. The number of aliphatic hydroxyl groups excluding tert-OH is 1. The standard InChI is InChI=1S/C12H20N2O3/c1-8(2)14(6-5-7-15)12(16)11-9(3)13-17-10(11)4/h8,15H,5-7H2,1-4H3. The highest BCUT2D eigenvalue weighted by atomic mass is 16.5. The van der Waals surface area contributed by atoms with Crippen LogP contribution in [0.4, 0.5) is 0 Å². The number of nitrogens with zero attached hydrogens (tertiary/aromatic N) is 2. The lowest BCUT2D eigenvalue weighted by Gasteiger charge is -2.26. The average Bonchev–Trinajstić information content (AvgIpc) is 2.58. The quantitative estimate of drug-likeness (QED) is 0.847. The van der Waals surface area contributed by atoms with Gasteiger partial charge in [0.15, 0.2) is 0 Å². The molecule has 0 aliphatic rings. The predicted molar refractivity (Wildman–Crippen MR) is 63.9 cm³/mol. The number of carbonyl (C=O) groups excluding carboxylic acids is 1. The molecule has 0 unspecified atom stereocenters. The normalized spacial score (nSPS) is 10.9. The minimum atomic E-state index is -0.0790. The summed E-state index contributed by atoms with van der Waals surface area (Å²) in [5.41, 5.74) is 1.15. The molecule has 0 radical (unpaired) electrons. The van der Waals surface area contributed by atoms with Crippen molar-refractivity contribution in [3.8, 4) is 0 Å². The molecule has 1 heterocycles. The Morgan fingerprint density at radius 2 is 2.12 bits per heavy atom. The summed E-state index contributed by atoms with van der Waals surface area (Å²) in [6.07, 6.45) is 0.577. The van der Waals surface area contributed by atoms with Crippen LogP contribution in [0.25, 0.3) is 0 Å². The summed E-state index contributed by atoms with van der Waals surface area (Å²) in [6, 6.07) is 0.0859. The van der Waals surface area contributed by atoms with Crippen LogP contribution in [0, 0.1) is 13.8 Å². The van der Waals surface area contributed by atoms with Crippen molar-refractivity contribution in [2.24, 2.45) is 0 Å². The first-order valence-electron chi connectivity index (χ1n) is 5.83. The van der Waals surface area contributed by atoms with Crippen molar-refractivity contribution in [2.45, 2.75) is 40.2 Å². The number of rotatable bonds is 5. The number of aromatic nitrogens is 1. The van der Waals surface area contributed by atoms with Crippen molar-refractivity contribution in [1.82, 2.24) is 10.1 Å². The summed E-state index contributed by atoms with van der Waals surface area (Å²) in [6.45, 7) is 8.02. The van der Waals surface area contributed by atoms with E-state index in [1.807, 2.05) is 13.8 Å². The van der Waals surface area contributed by atoms with Crippen molar-refractivity contribution in [3.05, 3.63) is 17.0 Å². The lowest BCUT2D eigenvalue weighted by Crippen LogP contribution is -2.38. The van der Waals surface area contributed by atoms with Gasteiger partial charge >= 0.3 is 0 Å². The molecule has 96 valence electrons. The third-order valence-electron chi connectivity index (χ3n) is 2.69. The second-order valence-corrected chi connectivity index (χ2v) is 4.37. The molecule has 5 nitrogen and oxygen atoms in total. The fraction of sp³-hybridized carbons (Fsp3) is 0.667. The first-order chi connectivity index (χ1) is 7.99. The summed E-state index contributed by atoms with van der Waals surface area (Å²) in [7, 11) is 0. The fourth-order valence-electron chi connectivity index (χ4n) is 1.77. The van der Waals surface area contributed by atoms with Crippen LogP contribution in [0.3, 0.4) is 0 Å². The maximum atomic E-state index is 12.3. The molecule has 0 aliphatic carbocycles. The van der Waals surface area contributed by atoms with Crippen LogP contribution in [0.5, 0.6) is 0 Å². The van der Waals surface area contributed by atoms with Gasteiger partial charge in [0, 0.05) is 19.2 Å². The van der Waals surface area contributed by atoms with Gasteiger partial charge < -0.3 is 14.5 Å². The van der Waals surface area contributed by atoms with E-state index in [1.165, 1.54) is 0 Å². The third-order valence-corrected chi connectivity index (χ3v) is 2.69. The van der Waals surface area contributed by atoms with Gasteiger partial charge in [0.25, 0.3) is 5.91 Å². The molecule has 0 atom stereocenters. The lowest BCUT2D eigenvalue weighted by atomic mass is 10.1. The molecule has 5 heteroatoms. The second-order valence-electron chi connectivity index (χ2n) is 4.37. The van der Waals surface area contributed by atoms with Gasteiger partial charge in [0.1, 0.15) is 11.3 Å². The molecule has 0 spiro atoms. The lowest BCUT2D eigenvalue weighted by molar-refractivity contribution is 0.0690. The highest BCUT2D eigenvalue weighted by molar-refractivity contribution is 5.96. The van der Waals surface area contributed by atoms with Crippen LogP contribution in [0.2, 0.25) is 0 Å². The second kappa shape index (κ2) is 5.82. The van der Waals surface area contributed by atoms with Gasteiger partial charge in [-0.05, 0) is 34.1 Å². The van der Waals surface area contributed by atoms with Crippen LogP contribution >= 0.6 is 0 Å². The van der Waals surface area contributed by atoms with Gasteiger partial charge in [0.2, 0.25) is 0 Å². The van der Waals surface area contributed by atoms with Crippen LogP contribution in [0.15, 0.2) is 4.52 Å². The van der Waals surface area contributed by atoms with Crippen molar-refractivity contribution in [2.75, 3.05) is 13.2 Å². The topological polar surface area (TPSA) is 66.6 Å². The van der Waals surface area contributed by atoms with Crippen molar-refractivity contribution in [1.29, 1.82) is 0 Å². The Kier molecular flexibility index (Phi) is 4.69. The average molecular weight is 240 g/mol. The molecule has 1 N–H and O–H groups in total. The zero-order valence-electron chi connectivity index (χ0n) is 10.9. The van der Waals surface area contributed by atoms with Crippen LogP contribution < -0.4 is 0 Å². The molecule has 1 aromatic heterocycles. The molecule has 0 bridgehead atoms. The molecular formula is C12H20N2O3. The number of hydrogen-bond acceptors (Lipinski definition) is 4. The van der Waals surface area contributed by atoms with Crippen LogP contribution in [-0.4, -0.2) is 40.3 Å². The van der Waals surface area contributed by atoms with E-state index >= 15 is 0 Å². The Hall–Kier alpha value is -1.36. The number of amides is 1. The molecule has 0 aliphatic heterocycles. The summed E-state index contributed by atoms with van der Waals surface area (Å²) in [5, 5.41) is 12.6. The van der Waals surface area contributed by atoms with E-state index in [1.54, 1.807) is 18.7 Å². The van der Waals surface area contributed by atoms with Crippen molar-refractivity contribution in [3.63, 3.8) is 0 Å². The van der Waals surface area contributed by atoms with Gasteiger partial charge in [-0.25, -0.2) is 0 Å². The molecule has 0 aromatic carbocycles. The van der Waals surface area contributed by atoms with Crippen molar-refractivity contribution < 1.29 is 14.4 Å². The molecular weight excluding hydrogens is 220 g/mol. The number of aryl methyl sites for hydroxylation is 2. The summed E-state index contributed by atoms with van der Waals surface area (Å²) >= 11 is 0. The minimum Gasteiger partial charge on any atom is -0.396 e. The van der Waals surface area contributed by atoms with E-state index in [-0.39, 0.29) is 18.6 Å². The monoisotopic (exact) mass is 240 g/mol. The predicted octanol–water partition coefficient (Wildman–Crippen LogP) is 1.52. The van der Waals surface area contributed by atoms with Gasteiger partial charge in [-0.1, -0.05) is 5.16 Å². The van der Waals surface area contributed by atoms with Crippen molar-refractivity contribution >= 4 is 5.91 Å². The zero-order chi connectivity index (χ0) is 13.0. The van der Waals surface area contributed by atoms with Crippen LogP contribution in [0.1, 0.15) is 42.1 Å². The minimum absolute atomic E-state index is 0.0790. The summed E-state index contributed by atoms with van der Waals surface area (Å²) < 4.78 is 5.00. The van der Waals surface area contributed by atoms with E-state index in [4.69, 9.17) is 9.63 Å². The number of carbonyl (C=O) groups is 1. The number of aliphatic hydroxyl groups is 1. The molecule has 0 fully saturated rings. The van der Waals surface area contributed by atoms with Gasteiger partial charge in [-0.2, -0.15) is 0 Å². The highest BCUT2D eigenvalue weighted by Gasteiger charge is 2.24. The number of hydrogen-bond donors (Lipinski definition) is 1. The van der Waals surface area contributed by atoms with E-state index in [0.717, 1.165) is 0 Å². The molecule has 17 heavy (non-hydrogen) atoms. The molecule has 1 amide bonds. The van der Waals surface area contributed by atoms with Gasteiger partial charge in [0.05, 0.1) is 5.69 Å². The van der Waals surface area contributed by atoms with Crippen LogP contribution in [-0.2, 0) is 0 Å². The largest absolute Gasteiger partial charge is 0.396 e. The maximum absolute atomic E-state index is 12.3. The first kappa shape index (κ1) is 13.7. The molecule has 1 aromatic rings. The Balaban J connectivity index is 2.92. The van der Waals surface area contributed by atoms with E-state index < -0.39 is 0 Å². The zero-order valence-corrected chi connectivity index (χ0v) is 10.9. The fourth-order valence-corrected chi connectivity index (χ4v) is 1.77. The molecule has 0 saturated heterocycles. The van der Waals surface area contributed by atoms with E-state index in [0.29, 0.717) is 30.0 Å². The summed E-state index contributed by atoms with van der Waals surface area (Å²) in [4.78, 5) is 14.1.